The van der Waals surface area contributed by atoms with E-state index >= 15 is 0 Å². The highest BCUT2D eigenvalue weighted by molar-refractivity contribution is 5.18. The number of hydrogen-bond donors (Lipinski definition) is 2. The van der Waals surface area contributed by atoms with Crippen molar-refractivity contribution in [2.75, 3.05) is 13.1 Å². The van der Waals surface area contributed by atoms with Crippen molar-refractivity contribution in [3.05, 3.63) is 35.4 Å². The first-order valence-corrected chi connectivity index (χ1v) is 6.01. The van der Waals surface area contributed by atoms with Gasteiger partial charge in [0.25, 0.3) is 0 Å². The third-order valence-electron chi connectivity index (χ3n) is 2.53. The maximum Gasteiger partial charge on any atom is 0.127 e. The minimum atomic E-state index is -0.403. The van der Waals surface area contributed by atoms with Crippen LogP contribution in [0.5, 0.6) is 0 Å². The van der Waals surface area contributed by atoms with Crippen LogP contribution in [-0.2, 0) is 6.54 Å². The fraction of sp³-hybridized carbons (Fsp3) is 0.538. The van der Waals surface area contributed by atoms with Gasteiger partial charge >= 0.3 is 0 Å². The lowest BCUT2D eigenvalue weighted by Gasteiger charge is -2.14. The highest BCUT2D eigenvalue weighted by Crippen LogP contribution is 2.09. The molecule has 0 saturated heterocycles. The van der Waals surface area contributed by atoms with Crippen LogP contribution >= 0.6 is 0 Å². The Balaban J connectivity index is 2.36. The second-order valence-corrected chi connectivity index (χ2v) is 4.22. The van der Waals surface area contributed by atoms with Crippen LogP contribution in [0.25, 0.3) is 0 Å². The van der Waals surface area contributed by atoms with E-state index in [1.165, 1.54) is 6.07 Å². The Labute approximate surface area is 101 Å². The summed E-state index contributed by atoms with van der Waals surface area (Å²) in [7, 11) is 0. The third-order valence-corrected chi connectivity index (χ3v) is 2.53. The van der Waals surface area contributed by atoms with E-state index in [9.17, 15) is 8.78 Å². The number of rotatable bonds is 7. The molecule has 0 aliphatic rings. The van der Waals surface area contributed by atoms with Gasteiger partial charge in [0.05, 0.1) is 0 Å². The second-order valence-electron chi connectivity index (χ2n) is 4.22. The standard InChI is InChI=1S/C13H20F2N2/c1-3-6-16-8-10(2)17-9-11-7-12(14)4-5-13(11)15/h4-5,7,10,16-17H,3,6,8-9H2,1-2H3. The molecular weight excluding hydrogens is 222 g/mol. The molecule has 0 spiro atoms. The molecule has 0 fully saturated rings. The monoisotopic (exact) mass is 242 g/mol. The van der Waals surface area contributed by atoms with E-state index < -0.39 is 5.82 Å². The first-order chi connectivity index (χ1) is 8.13. The summed E-state index contributed by atoms with van der Waals surface area (Å²) in [4.78, 5) is 0. The van der Waals surface area contributed by atoms with E-state index in [1.54, 1.807) is 0 Å². The fourth-order valence-corrected chi connectivity index (χ4v) is 1.53. The largest absolute Gasteiger partial charge is 0.315 e. The normalized spacial score (nSPS) is 12.7. The molecule has 0 aliphatic heterocycles. The maximum absolute atomic E-state index is 13.3. The van der Waals surface area contributed by atoms with Crippen LogP contribution in [0.2, 0.25) is 0 Å². The Bertz CT molecular complexity index is 342. The molecule has 0 aromatic heterocycles. The third kappa shape index (κ3) is 5.24. The van der Waals surface area contributed by atoms with Gasteiger partial charge in [-0.3, -0.25) is 0 Å². The lowest BCUT2D eigenvalue weighted by molar-refractivity contribution is 0.489. The lowest BCUT2D eigenvalue weighted by atomic mass is 10.2. The van der Waals surface area contributed by atoms with Crippen molar-refractivity contribution in [2.24, 2.45) is 0 Å². The zero-order valence-corrected chi connectivity index (χ0v) is 10.4. The van der Waals surface area contributed by atoms with Gasteiger partial charge in [-0.05, 0) is 38.1 Å². The molecule has 1 unspecified atom stereocenters. The molecule has 1 aromatic rings. The average Bonchev–Trinajstić information content (AvgIpc) is 2.31. The van der Waals surface area contributed by atoms with E-state index in [0.29, 0.717) is 12.1 Å². The number of hydrogen-bond acceptors (Lipinski definition) is 2. The van der Waals surface area contributed by atoms with Gasteiger partial charge in [-0.2, -0.15) is 0 Å². The van der Waals surface area contributed by atoms with Crippen molar-refractivity contribution >= 4 is 0 Å². The topological polar surface area (TPSA) is 24.1 Å². The maximum atomic E-state index is 13.3. The molecule has 0 amide bonds. The number of halogens is 2. The van der Waals surface area contributed by atoms with Gasteiger partial charge in [0, 0.05) is 24.7 Å². The van der Waals surface area contributed by atoms with Crippen LogP contribution in [-0.4, -0.2) is 19.1 Å². The number of nitrogens with one attached hydrogen (secondary N) is 2. The van der Waals surface area contributed by atoms with Crippen molar-refractivity contribution in [2.45, 2.75) is 32.9 Å². The van der Waals surface area contributed by atoms with E-state index in [0.717, 1.165) is 31.6 Å². The highest BCUT2D eigenvalue weighted by atomic mass is 19.1. The summed E-state index contributed by atoms with van der Waals surface area (Å²) >= 11 is 0. The number of benzene rings is 1. The van der Waals surface area contributed by atoms with Crippen LogP contribution in [0.1, 0.15) is 25.8 Å². The van der Waals surface area contributed by atoms with E-state index in [2.05, 4.69) is 17.6 Å². The molecule has 17 heavy (non-hydrogen) atoms. The molecule has 0 aliphatic carbocycles. The van der Waals surface area contributed by atoms with E-state index in [4.69, 9.17) is 0 Å². The minimum Gasteiger partial charge on any atom is -0.315 e. The Morgan fingerprint density at radius 2 is 2.06 bits per heavy atom. The first-order valence-electron chi connectivity index (χ1n) is 6.01. The van der Waals surface area contributed by atoms with Gasteiger partial charge in [-0.15, -0.1) is 0 Å². The molecule has 1 aromatic carbocycles. The van der Waals surface area contributed by atoms with Gasteiger partial charge in [0.2, 0.25) is 0 Å². The Morgan fingerprint density at radius 3 is 2.76 bits per heavy atom. The Kier molecular flexibility index (Phi) is 6.08. The summed E-state index contributed by atoms with van der Waals surface area (Å²) in [5.41, 5.74) is 0.368. The smallest absolute Gasteiger partial charge is 0.127 e. The summed E-state index contributed by atoms with van der Waals surface area (Å²) in [5.74, 6) is -0.771. The average molecular weight is 242 g/mol. The molecule has 96 valence electrons. The lowest BCUT2D eigenvalue weighted by Crippen LogP contribution is -2.36. The van der Waals surface area contributed by atoms with Crippen molar-refractivity contribution in [3.63, 3.8) is 0 Å². The van der Waals surface area contributed by atoms with Crippen molar-refractivity contribution in [1.82, 2.24) is 10.6 Å². The summed E-state index contributed by atoms with van der Waals surface area (Å²) in [6.07, 6.45) is 1.09. The van der Waals surface area contributed by atoms with Gasteiger partial charge in [-0.25, -0.2) is 8.78 Å². The SMILES string of the molecule is CCCNCC(C)NCc1cc(F)ccc1F. The van der Waals surface area contributed by atoms with Crippen LogP contribution in [0.15, 0.2) is 18.2 Å². The van der Waals surface area contributed by atoms with E-state index in [-0.39, 0.29) is 11.9 Å². The van der Waals surface area contributed by atoms with Crippen LogP contribution in [0.3, 0.4) is 0 Å². The van der Waals surface area contributed by atoms with Gasteiger partial charge in [-0.1, -0.05) is 6.92 Å². The molecule has 0 heterocycles. The molecule has 1 atom stereocenters. The Morgan fingerprint density at radius 1 is 1.29 bits per heavy atom. The predicted molar refractivity (Wildman–Crippen MR) is 65.8 cm³/mol. The van der Waals surface area contributed by atoms with Crippen LogP contribution in [0.4, 0.5) is 8.78 Å². The summed E-state index contributed by atoms with van der Waals surface area (Å²) in [5, 5.41) is 6.42. The second kappa shape index (κ2) is 7.35. The zero-order chi connectivity index (χ0) is 12.7. The van der Waals surface area contributed by atoms with Gasteiger partial charge in [0.15, 0.2) is 0 Å². The van der Waals surface area contributed by atoms with Crippen molar-refractivity contribution in [3.8, 4) is 0 Å². The summed E-state index contributed by atoms with van der Waals surface area (Å²) < 4.78 is 26.2. The molecule has 1 rings (SSSR count). The molecule has 0 saturated carbocycles. The predicted octanol–water partition coefficient (Wildman–Crippen LogP) is 2.44. The summed E-state index contributed by atoms with van der Waals surface area (Å²) in [6.45, 7) is 6.26. The van der Waals surface area contributed by atoms with Crippen molar-refractivity contribution in [1.29, 1.82) is 0 Å². The Hall–Kier alpha value is -1.00. The van der Waals surface area contributed by atoms with Crippen LogP contribution < -0.4 is 10.6 Å². The molecular formula is C13H20F2N2. The van der Waals surface area contributed by atoms with Gasteiger partial charge in [0.1, 0.15) is 11.6 Å². The quantitative estimate of drug-likeness (QED) is 0.718. The molecule has 2 N–H and O–H groups in total. The molecule has 0 radical (unpaired) electrons. The van der Waals surface area contributed by atoms with Gasteiger partial charge < -0.3 is 10.6 Å². The van der Waals surface area contributed by atoms with Crippen LogP contribution in [0, 0.1) is 11.6 Å². The molecule has 0 bridgehead atoms. The molecule has 2 nitrogen and oxygen atoms in total. The highest BCUT2D eigenvalue weighted by Gasteiger charge is 2.05. The molecule has 4 heteroatoms. The minimum absolute atomic E-state index is 0.226. The van der Waals surface area contributed by atoms with E-state index in [1.807, 2.05) is 6.92 Å². The summed E-state index contributed by atoms with van der Waals surface area (Å²) in [6, 6.07) is 3.75. The zero-order valence-electron chi connectivity index (χ0n) is 10.4. The first kappa shape index (κ1) is 14.1. The fourth-order valence-electron chi connectivity index (χ4n) is 1.53. The van der Waals surface area contributed by atoms with Crippen molar-refractivity contribution < 1.29 is 8.78 Å².